The summed E-state index contributed by atoms with van der Waals surface area (Å²) >= 11 is 0. The molecule has 2 N–H and O–H groups in total. The van der Waals surface area contributed by atoms with E-state index in [4.69, 9.17) is 0 Å². The van der Waals surface area contributed by atoms with Crippen LogP contribution in [-0.4, -0.2) is 36.8 Å². The first-order chi connectivity index (χ1) is 18.5. The van der Waals surface area contributed by atoms with Gasteiger partial charge in [-0.25, -0.2) is 13.1 Å². The van der Waals surface area contributed by atoms with Crippen LogP contribution in [0.15, 0.2) is 11.6 Å². The summed E-state index contributed by atoms with van der Waals surface area (Å²) in [5, 5.41) is 10.1. The number of carboxylic acids is 1. The first-order valence-corrected chi connectivity index (χ1v) is 16.5. The summed E-state index contributed by atoms with van der Waals surface area (Å²) < 4.78 is 65.9. The van der Waals surface area contributed by atoms with E-state index in [-0.39, 0.29) is 40.8 Å². The molecule has 0 unspecified atom stereocenters. The highest BCUT2D eigenvalue weighted by molar-refractivity contribution is 7.90. The van der Waals surface area contributed by atoms with Gasteiger partial charge in [0.25, 0.3) is 0 Å². The first-order valence-electron chi connectivity index (χ1n) is 15.1. The van der Waals surface area contributed by atoms with Crippen molar-refractivity contribution in [3.63, 3.8) is 0 Å². The number of nitrogens with one attached hydrogen (secondary N) is 1. The van der Waals surface area contributed by atoms with Crippen molar-refractivity contribution in [2.75, 3.05) is 0 Å². The molecule has 0 aromatic rings. The number of halogens is 3. The third-order valence-electron chi connectivity index (χ3n) is 13.7. The number of allylic oxidation sites excluding steroid dienone is 2. The third-order valence-corrected chi connectivity index (χ3v) is 14.9. The molecule has 10 heteroatoms. The molecule has 232 valence electrons. The molecule has 0 bridgehead atoms. The van der Waals surface area contributed by atoms with E-state index in [0.29, 0.717) is 32.1 Å². The lowest BCUT2D eigenvalue weighted by molar-refractivity contribution is -0.188. The van der Waals surface area contributed by atoms with Gasteiger partial charge < -0.3 is 5.11 Å². The summed E-state index contributed by atoms with van der Waals surface area (Å²) in [5.74, 6) is -1.23. The number of sulfonamides is 1. The van der Waals surface area contributed by atoms with Gasteiger partial charge in [0.15, 0.2) is 5.78 Å². The lowest BCUT2D eigenvalue weighted by Crippen LogP contribution is -2.68. The minimum atomic E-state index is -5.50. The maximum Gasteiger partial charge on any atom is 0.511 e. The number of hydrogen-bond donors (Lipinski definition) is 2. The molecule has 5 aliphatic carbocycles. The van der Waals surface area contributed by atoms with E-state index in [1.165, 1.54) is 0 Å². The average molecular weight is 602 g/mol. The molecule has 6 nitrogen and oxygen atoms in total. The van der Waals surface area contributed by atoms with E-state index in [1.54, 1.807) is 0 Å². The second-order valence-electron chi connectivity index (χ2n) is 16.0. The molecule has 0 aromatic heterocycles. The van der Waals surface area contributed by atoms with Gasteiger partial charge in [-0.2, -0.15) is 13.2 Å². The summed E-state index contributed by atoms with van der Waals surface area (Å²) in [6, 6.07) is -0.886. The van der Waals surface area contributed by atoms with E-state index >= 15 is 0 Å². The SMILES string of the molecule is CC1(C)[C@@H](NS(=O)(=O)C(F)(F)F)CC[C@]2(C)[C@H]3C(=O)C=C4[C@@H]5C[C@@](C)(C(=O)O)CC[C@]5(C)CC[C@@]4(C)[C@]3(C)CC[C@@H]12. The normalized spacial score (nSPS) is 47.8. The molecular weight excluding hydrogens is 555 g/mol. The number of carboxylic acid groups (broad SMARTS) is 1. The van der Waals surface area contributed by atoms with Crippen molar-refractivity contribution in [2.45, 2.75) is 118 Å². The van der Waals surface area contributed by atoms with Crippen molar-refractivity contribution in [2.24, 2.45) is 50.2 Å². The van der Waals surface area contributed by atoms with E-state index in [9.17, 15) is 36.3 Å². The number of hydrogen-bond acceptors (Lipinski definition) is 4. The second-order valence-corrected chi connectivity index (χ2v) is 17.7. The van der Waals surface area contributed by atoms with Crippen LogP contribution in [0, 0.1) is 50.2 Å². The minimum Gasteiger partial charge on any atom is -0.481 e. The quantitative estimate of drug-likeness (QED) is 0.368. The molecule has 0 aromatic carbocycles. The Kier molecular flexibility index (Phi) is 6.68. The van der Waals surface area contributed by atoms with Crippen molar-refractivity contribution in [1.82, 2.24) is 4.72 Å². The number of rotatable bonds is 3. The molecule has 9 atom stereocenters. The summed E-state index contributed by atoms with van der Waals surface area (Å²) in [6.07, 6.45) is 7.75. The number of carbonyl (C=O) groups is 2. The Balaban J connectivity index is 1.54. The fraction of sp³-hybridized carbons (Fsp3) is 0.871. The Hall–Kier alpha value is -1.42. The average Bonchev–Trinajstić information content (AvgIpc) is 2.82. The molecule has 4 saturated carbocycles. The van der Waals surface area contributed by atoms with E-state index in [1.807, 2.05) is 31.6 Å². The lowest BCUT2D eigenvalue weighted by Gasteiger charge is -2.70. The summed E-state index contributed by atoms with van der Waals surface area (Å²) in [5.41, 5.74) is -7.17. The van der Waals surface area contributed by atoms with Crippen LogP contribution in [-0.2, 0) is 19.6 Å². The number of carbonyl (C=O) groups excluding carboxylic acids is 1. The predicted octanol–water partition coefficient (Wildman–Crippen LogP) is 6.86. The van der Waals surface area contributed by atoms with Crippen LogP contribution in [0.4, 0.5) is 13.2 Å². The minimum absolute atomic E-state index is 0.00677. The van der Waals surface area contributed by atoms with Crippen LogP contribution in [0.5, 0.6) is 0 Å². The lowest BCUT2D eigenvalue weighted by atomic mass is 9.33. The van der Waals surface area contributed by atoms with Gasteiger partial charge in [-0.1, -0.05) is 47.1 Å². The molecule has 5 aliphatic rings. The van der Waals surface area contributed by atoms with Crippen molar-refractivity contribution < 1.29 is 36.3 Å². The third kappa shape index (κ3) is 4.07. The topological polar surface area (TPSA) is 101 Å². The number of alkyl halides is 3. The molecule has 41 heavy (non-hydrogen) atoms. The molecule has 5 rings (SSSR count). The fourth-order valence-corrected chi connectivity index (χ4v) is 11.8. The molecule has 0 spiro atoms. The van der Waals surface area contributed by atoms with E-state index < -0.39 is 49.2 Å². The molecule has 0 saturated heterocycles. The van der Waals surface area contributed by atoms with Gasteiger partial charge in [-0.3, -0.25) is 9.59 Å². The standard InChI is InChI=1S/C31H46F3NO5S/c1-25(2)21-8-11-30(7)23(28(21,5)10-9-22(25)35-41(39,40)31(32,33)34)20(36)16-18-19-17-27(4,24(37)38)13-12-26(19,3)14-15-29(18,30)6/h16,19,21-23,35H,8-15,17H2,1-7H3,(H,37,38)/t19-,21-,22-,23+,26+,27-,28-,29+,30+/m0/s1. The van der Waals surface area contributed by atoms with E-state index in [0.717, 1.165) is 24.8 Å². The van der Waals surface area contributed by atoms with Crippen molar-refractivity contribution in [1.29, 1.82) is 0 Å². The molecule has 0 radical (unpaired) electrons. The predicted molar refractivity (Wildman–Crippen MR) is 149 cm³/mol. The van der Waals surface area contributed by atoms with E-state index in [2.05, 4.69) is 27.7 Å². The maximum atomic E-state index is 14.4. The van der Waals surface area contributed by atoms with Crippen LogP contribution in [0.2, 0.25) is 0 Å². The number of aliphatic carboxylic acids is 1. The second kappa shape index (κ2) is 8.82. The van der Waals surface area contributed by atoms with Crippen LogP contribution in [0.1, 0.15) is 106 Å². The summed E-state index contributed by atoms with van der Waals surface area (Å²) in [7, 11) is -5.50. The van der Waals surface area contributed by atoms with Crippen molar-refractivity contribution >= 4 is 21.8 Å². The Morgan fingerprint density at radius 2 is 1.56 bits per heavy atom. The summed E-state index contributed by atoms with van der Waals surface area (Å²) in [6.45, 7) is 14.4. The molecule has 4 fully saturated rings. The van der Waals surface area contributed by atoms with Gasteiger partial charge in [0.1, 0.15) is 0 Å². The van der Waals surface area contributed by atoms with Gasteiger partial charge in [-0.15, -0.1) is 0 Å². The van der Waals surface area contributed by atoms with Gasteiger partial charge in [0.05, 0.1) is 5.41 Å². The fourth-order valence-electron chi connectivity index (χ4n) is 10.8. The summed E-state index contributed by atoms with van der Waals surface area (Å²) in [4.78, 5) is 26.7. The van der Waals surface area contributed by atoms with Crippen molar-refractivity contribution in [3.8, 4) is 0 Å². The van der Waals surface area contributed by atoms with Gasteiger partial charge in [0, 0.05) is 12.0 Å². The van der Waals surface area contributed by atoms with Crippen LogP contribution in [0.25, 0.3) is 0 Å². The van der Waals surface area contributed by atoms with Crippen molar-refractivity contribution in [3.05, 3.63) is 11.6 Å². The smallest absolute Gasteiger partial charge is 0.481 e. The Morgan fingerprint density at radius 3 is 2.15 bits per heavy atom. The Labute approximate surface area is 242 Å². The van der Waals surface area contributed by atoms with Crippen LogP contribution in [0.3, 0.4) is 0 Å². The number of fused-ring (bicyclic) bond motifs is 7. The monoisotopic (exact) mass is 601 g/mol. The molecule has 0 amide bonds. The zero-order valence-electron chi connectivity index (χ0n) is 25.4. The highest BCUT2D eigenvalue weighted by Crippen LogP contribution is 2.75. The van der Waals surface area contributed by atoms with Gasteiger partial charge >= 0.3 is 21.5 Å². The Bertz CT molecular complexity index is 1310. The molecule has 0 heterocycles. The Morgan fingerprint density at radius 1 is 0.951 bits per heavy atom. The largest absolute Gasteiger partial charge is 0.511 e. The number of ketones is 1. The zero-order valence-corrected chi connectivity index (χ0v) is 26.2. The van der Waals surface area contributed by atoms with Crippen LogP contribution >= 0.6 is 0 Å². The zero-order chi connectivity index (χ0) is 30.8. The van der Waals surface area contributed by atoms with Gasteiger partial charge in [-0.05, 0) is 110 Å². The highest BCUT2D eigenvalue weighted by Gasteiger charge is 2.70. The van der Waals surface area contributed by atoms with Gasteiger partial charge in [0.2, 0.25) is 0 Å². The highest BCUT2D eigenvalue weighted by atomic mass is 32.2. The maximum absolute atomic E-state index is 14.4. The molecule has 0 aliphatic heterocycles. The molecular formula is C31H46F3NO5S. The van der Waals surface area contributed by atoms with Crippen LogP contribution < -0.4 is 4.72 Å². The first kappa shape index (κ1) is 31.0.